The molecule has 0 saturated carbocycles. The van der Waals surface area contributed by atoms with Gasteiger partial charge in [0.15, 0.2) is 0 Å². The molecule has 0 spiro atoms. The lowest BCUT2D eigenvalue weighted by atomic mass is 10.1. The highest BCUT2D eigenvalue weighted by Gasteiger charge is 2.18. The fourth-order valence-corrected chi connectivity index (χ4v) is 2.32. The third-order valence-corrected chi connectivity index (χ3v) is 3.48. The van der Waals surface area contributed by atoms with Gasteiger partial charge in [0.1, 0.15) is 0 Å². The summed E-state index contributed by atoms with van der Waals surface area (Å²) in [6.45, 7) is 1.93. The molecule has 2 aromatic rings. The molecule has 0 bridgehead atoms. The van der Waals surface area contributed by atoms with Gasteiger partial charge in [-0.2, -0.15) is 0 Å². The quantitative estimate of drug-likeness (QED) is 0.482. The molecule has 130 valence electrons. The van der Waals surface area contributed by atoms with E-state index < -0.39 is 16.8 Å². The second kappa shape index (κ2) is 8.25. The van der Waals surface area contributed by atoms with Gasteiger partial charge in [-0.1, -0.05) is 23.7 Å². The fourth-order valence-electron chi connectivity index (χ4n) is 2.11. The summed E-state index contributed by atoms with van der Waals surface area (Å²) in [5.74, 6) is -1.27. The van der Waals surface area contributed by atoms with E-state index >= 15 is 0 Å². The van der Waals surface area contributed by atoms with Crippen molar-refractivity contribution < 1.29 is 19.2 Å². The minimum Gasteiger partial charge on any atom is -0.462 e. The predicted octanol–water partition coefficient (Wildman–Crippen LogP) is 3.35. The van der Waals surface area contributed by atoms with Crippen LogP contribution in [0.4, 0.5) is 5.69 Å². The van der Waals surface area contributed by atoms with Crippen molar-refractivity contribution in [3.63, 3.8) is 0 Å². The van der Waals surface area contributed by atoms with Crippen molar-refractivity contribution >= 4 is 29.2 Å². The second-order valence-corrected chi connectivity index (χ2v) is 5.50. The van der Waals surface area contributed by atoms with Crippen LogP contribution in [-0.2, 0) is 11.3 Å². The van der Waals surface area contributed by atoms with Gasteiger partial charge in [-0.15, -0.1) is 0 Å². The summed E-state index contributed by atoms with van der Waals surface area (Å²) in [4.78, 5) is 34.5. The van der Waals surface area contributed by atoms with E-state index in [-0.39, 0.29) is 30.0 Å². The summed E-state index contributed by atoms with van der Waals surface area (Å²) in [5.41, 5.74) is 0.360. The van der Waals surface area contributed by atoms with Crippen LogP contribution in [0.3, 0.4) is 0 Å². The normalized spacial score (nSPS) is 10.2. The first kappa shape index (κ1) is 18.4. The summed E-state index contributed by atoms with van der Waals surface area (Å²) in [6, 6.07) is 10.4. The average Bonchev–Trinajstić information content (AvgIpc) is 2.59. The number of nitro groups is 1. The second-order valence-electron chi connectivity index (χ2n) is 5.06. The van der Waals surface area contributed by atoms with Crippen molar-refractivity contribution in [1.29, 1.82) is 0 Å². The molecule has 0 aliphatic rings. The van der Waals surface area contributed by atoms with Gasteiger partial charge in [0.2, 0.25) is 0 Å². The van der Waals surface area contributed by atoms with E-state index in [0.29, 0.717) is 5.02 Å². The minimum absolute atomic E-state index is 0.000666. The summed E-state index contributed by atoms with van der Waals surface area (Å²) >= 11 is 5.88. The molecule has 0 radical (unpaired) electrons. The molecule has 0 fully saturated rings. The number of hydrogen-bond acceptors (Lipinski definition) is 5. The third kappa shape index (κ3) is 5.02. The molecule has 2 aromatic carbocycles. The predicted molar refractivity (Wildman–Crippen MR) is 91.7 cm³/mol. The molecule has 0 heterocycles. The fraction of sp³-hybridized carbons (Fsp3) is 0.176. The highest BCUT2D eigenvalue weighted by molar-refractivity contribution is 6.30. The minimum atomic E-state index is -0.727. The van der Waals surface area contributed by atoms with Crippen molar-refractivity contribution in [2.24, 2.45) is 0 Å². The number of esters is 1. The van der Waals surface area contributed by atoms with Crippen LogP contribution in [0.1, 0.15) is 33.2 Å². The van der Waals surface area contributed by atoms with Gasteiger partial charge in [0.05, 0.1) is 17.1 Å². The maximum atomic E-state index is 12.3. The van der Waals surface area contributed by atoms with Gasteiger partial charge < -0.3 is 10.1 Å². The molecule has 0 unspecified atom stereocenters. The molecule has 0 aliphatic carbocycles. The number of halogens is 1. The number of rotatable bonds is 6. The Morgan fingerprint density at radius 1 is 1.20 bits per heavy atom. The third-order valence-electron chi connectivity index (χ3n) is 3.24. The van der Waals surface area contributed by atoms with Gasteiger partial charge in [-0.25, -0.2) is 4.79 Å². The van der Waals surface area contributed by atoms with Crippen LogP contribution >= 0.6 is 11.6 Å². The molecule has 8 heteroatoms. The van der Waals surface area contributed by atoms with Gasteiger partial charge in [-0.3, -0.25) is 14.9 Å². The Morgan fingerprint density at radius 2 is 1.92 bits per heavy atom. The maximum absolute atomic E-state index is 12.3. The standard InChI is InChI=1S/C17H15ClN2O5/c1-2-25-17(22)13-7-12(8-15(9-13)20(23)24)16(21)19-10-11-4-3-5-14(18)6-11/h3-9H,2,10H2,1H3,(H,19,21). The summed E-state index contributed by atoms with van der Waals surface area (Å²) in [5, 5.41) is 14.2. The molecule has 2 rings (SSSR count). The molecule has 1 N–H and O–H groups in total. The summed E-state index contributed by atoms with van der Waals surface area (Å²) in [6.07, 6.45) is 0. The Kier molecular flexibility index (Phi) is 6.08. The number of nitro benzene ring substituents is 1. The van der Waals surface area contributed by atoms with Crippen molar-refractivity contribution in [2.45, 2.75) is 13.5 Å². The van der Waals surface area contributed by atoms with Crippen LogP contribution in [0.15, 0.2) is 42.5 Å². The maximum Gasteiger partial charge on any atom is 0.338 e. The highest BCUT2D eigenvalue weighted by Crippen LogP contribution is 2.18. The largest absolute Gasteiger partial charge is 0.462 e. The molecular weight excluding hydrogens is 348 g/mol. The van der Waals surface area contributed by atoms with E-state index in [1.54, 1.807) is 31.2 Å². The number of nitrogens with one attached hydrogen (secondary N) is 1. The Hall–Kier alpha value is -2.93. The van der Waals surface area contributed by atoms with Crippen LogP contribution in [0, 0.1) is 10.1 Å². The van der Waals surface area contributed by atoms with Crippen LogP contribution in [0.2, 0.25) is 5.02 Å². The monoisotopic (exact) mass is 362 g/mol. The molecule has 0 aliphatic heterocycles. The highest BCUT2D eigenvalue weighted by atomic mass is 35.5. The number of amides is 1. The van der Waals surface area contributed by atoms with E-state index in [0.717, 1.165) is 17.7 Å². The first-order valence-electron chi connectivity index (χ1n) is 7.40. The topological polar surface area (TPSA) is 98.5 Å². The van der Waals surface area contributed by atoms with E-state index in [1.807, 2.05) is 0 Å². The molecule has 0 aromatic heterocycles. The van der Waals surface area contributed by atoms with Gasteiger partial charge >= 0.3 is 5.97 Å². The van der Waals surface area contributed by atoms with E-state index in [2.05, 4.69) is 5.32 Å². The van der Waals surface area contributed by atoms with Crippen molar-refractivity contribution in [3.05, 3.63) is 74.3 Å². The Labute approximate surface area is 148 Å². The van der Waals surface area contributed by atoms with E-state index in [4.69, 9.17) is 16.3 Å². The Balaban J connectivity index is 2.22. The first-order chi connectivity index (χ1) is 11.9. The number of hydrogen-bond donors (Lipinski definition) is 1. The molecule has 0 atom stereocenters. The molecule has 25 heavy (non-hydrogen) atoms. The number of nitrogens with zero attached hydrogens (tertiary/aromatic N) is 1. The van der Waals surface area contributed by atoms with Crippen LogP contribution in [-0.4, -0.2) is 23.4 Å². The first-order valence-corrected chi connectivity index (χ1v) is 7.77. The molecular formula is C17H15ClN2O5. The SMILES string of the molecule is CCOC(=O)c1cc(C(=O)NCc2cccc(Cl)c2)cc([N+](=O)[O-])c1. The zero-order valence-electron chi connectivity index (χ0n) is 13.3. The molecule has 0 saturated heterocycles. The summed E-state index contributed by atoms with van der Waals surface area (Å²) in [7, 11) is 0. The Morgan fingerprint density at radius 3 is 2.56 bits per heavy atom. The lowest BCUT2D eigenvalue weighted by molar-refractivity contribution is -0.384. The number of benzene rings is 2. The zero-order chi connectivity index (χ0) is 18.4. The number of non-ortho nitro benzene ring substituents is 1. The number of carbonyl (C=O) groups is 2. The van der Waals surface area contributed by atoms with Crippen LogP contribution in [0.5, 0.6) is 0 Å². The van der Waals surface area contributed by atoms with Gasteiger partial charge in [-0.05, 0) is 30.7 Å². The molecule has 7 nitrogen and oxygen atoms in total. The summed E-state index contributed by atoms with van der Waals surface area (Å²) < 4.78 is 4.83. The van der Waals surface area contributed by atoms with Crippen LogP contribution < -0.4 is 5.32 Å². The average molecular weight is 363 g/mol. The van der Waals surface area contributed by atoms with Crippen molar-refractivity contribution in [3.8, 4) is 0 Å². The number of ether oxygens (including phenoxy) is 1. The molecule has 1 amide bonds. The lowest BCUT2D eigenvalue weighted by Gasteiger charge is -2.08. The Bertz CT molecular complexity index is 822. The van der Waals surface area contributed by atoms with Crippen molar-refractivity contribution in [2.75, 3.05) is 6.61 Å². The zero-order valence-corrected chi connectivity index (χ0v) is 14.1. The van der Waals surface area contributed by atoms with E-state index in [1.165, 1.54) is 6.07 Å². The van der Waals surface area contributed by atoms with Crippen LogP contribution in [0.25, 0.3) is 0 Å². The van der Waals surface area contributed by atoms with Gasteiger partial charge in [0, 0.05) is 29.3 Å². The van der Waals surface area contributed by atoms with Crippen molar-refractivity contribution in [1.82, 2.24) is 5.32 Å². The lowest BCUT2D eigenvalue weighted by Crippen LogP contribution is -2.23. The smallest absolute Gasteiger partial charge is 0.338 e. The number of carbonyl (C=O) groups excluding carboxylic acids is 2. The van der Waals surface area contributed by atoms with Gasteiger partial charge in [0.25, 0.3) is 11.6 Å². The van der Waals surface area contributed by atoms with E-state index in [9.17, 15) is 19.7 Å².